The van der Waals surface area contributed by atoms with Gasteiger partial charge in [0.2, 0.25) is 0 Å². The molecule has 0 unspecified atom stereocenters. The molecule has 120 valence electrons. The van der Waals surface area contributed by atoms with E-state index in [2.05, 4.69) is 5.32 Å². The SMILES string of the molecule is COc1ccccc1[C@@H](C)NC(=O)N(C)C(C1CC1)C1CC1. The molecule has 2 aliphatic rings. The van der Waals surface area contributed by atoms with E-state index in [1.165, 1.54) is 25.7 Å². The normalized spacial score (nSPS) is 18.9. The summed E-state index contributed by atoms with van der Waals surface area (Å²) in [6.07, 6.45) is 5.11. The Morgan fingerprint density at radius 1 is 1.23 bits per heavy atom. The van der Waals surface area contributed by atoms with Crippen LogP contribution in [0.1, 0.15) is 44.2 Å². The van der Waals surface area contributed by atoms with Gasteiger partial charge in [-0.05, 0) is 50.5 Å². The number of para-hydroxylation sites is 1. The topological polar surface area (TPSA) is 41.6 Å². The van der Waals surface area contributed by atoms with E-state index in [0.717, 1.165) is 23.1 Å². The van der Waals surface area contributed by atoms with Crippen molar-refractivity contribution in [1.82, 2.24) is 10.2 Å². The predicted molar refractivity (Wildman–Crippen MR) is 86.9 cm³/mol. The second kappa shape index (κ2) is 6.19. The molecule has 2 saturated carbocycles. The number of hydrogen-bond donors (Lipinski definition) is 1. The molecule has 0 bridgehead atoms. The lowest BCUT2D eigenvalue weighted by Gasteiger charge is -2.30. The highest BCUT2D eigenvalue weighted by molar-refractivity contribution is 5.75. The van der Waals surface area contributed by atoms with Gasteiger partial charge in [-0.3, -0.25) is 0 Å². The van der Waals surface area contributed by atoms with Crippen LogP contribution in [0.2, 0.25) is 0 Å². The Kier molecular flexibility index (Phi) is 4.27. The zero-order valence-corrected chi connectivity index (χ0v) is 13.7. The third-order valence-electron chi connectivity index (χ3n) is 4.92. The fourth-order valence-electron chi connectivity index (χ4n) is 3.42. The maximum absolute atomic E-state index is 12.6. The van der Waals surface area contributed by atoms with Crippen LogP contribution in [-0.4, -0.2) is 31.1 Å². The van der Waals surface area contributed by atoms with Crippen molar-refractivity contribution in [3.63, 3.8) is 0 Å². The Balaban J connectivity index is 1.65. The third-order valence-corrected chi connectivity index (χ3v) is 4.92. The lowest BCUT2D eigenvalue weighted by molar-refractivity contribution is 0.171. The van der Waals surface area contributed by atoms with Crippen LogP contribution in [0.25, 0.3) is 0 Å². The van der Waals surface area contributed by atoms with Gasteiger partial charge in [0.05, 0.1) is 13.2 Å². The molecule has 0 aliphatic heterocycles. The molecular formula is C18H26N2O2. The Labute approximate surface area is 132 Å². The first-order chi connectivity index (χ1) is 10.6. The molecule has 1 N–H and O–H groups in total. The first-order valence-corrected chi connectivity index (χ1v) is 8.28. The van der Waals surface area contributed by atoms with E-state index in [-0.39, 0.29) is 12.1 Å². The summed E-state index contributed by atoms with van der Waals surface area (Å²) in [6, 6.07) is 8.25. The molecule has 0 saturated heterocycles. The number of ether oxygens (including phenoxy) is 1. The maximum atomic E-state index is 12.6. The molecule has 0 spiro atoms. The predicted octanol–water partition coefficient (Wildman–Crippen LogP) is 3.59. The molecule has 2 fully saturated rings. The van der Waals surface area contributed by atoms with E-state index >= 15 is 0 Å². The number of hydrogen-bond acceptors (Lipinski definition) is 2. The number of amides is 2. The van der Waals surface area contributed by atoms with Gasteiger partial charge in [-0.1, -0.05) is 18.2 Å². The average molecular weight is 302 g/mol. The highest BCUT2D eigenvalue weighted by Crippen LogP contribution is 2.46. The van der Waals surface area contributed by atoms with Gasteiger partial charge >= 0.3 is 6.03 Å². The van der Waals surface area contributed by atoms with Crippen molar-refractivity contribution in [2.75, 3.05) is 14.2 Å². The number of urea groups is 1. The van der Waals surface area contributed by atoms with Gasteiger partial charge in [0.1, 0.15) is 5.75 Å². The molecule has 2 amide bonds. The first kappa shape index (κ1) is 15.2. The quantitative estimate of drug-likeness (QED) is 0.872. The molecule has 0 heterocycles. The average Bonchev–Trinajstić information content (AvgIpc) is 3.41. The Bertz CT molecular complexity index is 526. The summed E-state index contributed by atoms with van der Waals surface area (Å²) in [4.78, 5) is 14.6. The van der Waals surface area contributed by atoms with Crippen LogP contribution in [0.3, 0.4) is 0 Å². The molecular weight excluding hydrogens is 276 g/mol. The minimum atomic E-state index is -0.0647. The van der Waals surface area contributed by atoms with Crippen molar-refractivity contribution in [1.29, 1.82) is 0 Å². The van der Waals surface area contributed by atoms with Crippen LogP contribution in [0.4, 0.5) is 4.79 Å². The largest absolute Gasteiger partial charge is 0.496 e. The number of carbonyl (C=O) groups excluding carboxylic acids is 1. The zero-order chi connectivity index (χ0) is 15.7. The van der Waals surface area contributed by atoms with Gasteiger partial charge in [0.15, 0.2) is 0 Å². The number of methoxy groups -OCH3 is 1. The van der Waals surface area contributed by atoms with E-state index in [9.17, 15) is 4.79 Å². The molecule has 0 radical (unpaired) electrons. The van der Waals surface area contributed by atoms with Crippen molar-refractivity contribution in [2.45, 2.75) is 44.7 Å². The number of carbonyl (C=O) groups is 1. The highest BCUT2D eigenvalue weighted by Gasteiger charge is 2.45. The minimum absolute atomic E-state index is 0.0298. The van der Waals surface area contributed by atoms with Gasteiger partial charge in [0, 0.05) is 18.7 Å². The van der Waals surface area contributed by atoms with Crippen molar-refractivity contribution >= 4 is 6.03 Å². The Morgan fingerprint density at radius 3 is 2.36 bits per heavy atom. The molecule has 1 aromatic rings. The summed E-state index contributed by atoms with van der Waals surface area (Å²) in [6.45, 7) is 2.01. The summed E-state index contributed by atoms with van der Waals surface area (Å²) in [7, 11) is 3.61. The van der Waals surface area contributed by atoms with Crippen LogP contribution in [-0.2, 0) is 0 Å². The summed E-state index contributed by atoms with van der Waals surface area (Å²) >= 11 is 0. The van der Waals surface area contributed by atoms with Crippen LogP contribution in [0.15, 0.2) is 24.3 Å². The number of nitrogens with one attached hydrogen (secondary N) is 1. The molecule has 1 aromatic carbocycles. The second-order valence-electron chi connectivity index (χ2n) is 6.69. The zero-order valence-electron chi connectivity index (χ0n) is 13.7. The molecule has 22 heavy (non-hydrogen) atoms. The lowest BCUT2D eigenvalue weighted by Crippen LogP contribution is -2.46. The van der Waals surface area contributed by atoms with Gasteiger partial charge < -0.3 is 15.0 Å². The summed E-state index contributed by atoms with van der Waals surface area (Å²) in [5.74, 6) is 2.27. The second-order valence-corrected chi connectivity index (χ2v) is 6.69. The molecule has 1 atom stereocenters. The van der Waals surface area contributed by atoms with Gasteiger partial charge in [-0.25, -0.2) is 4.79 Å². The van der Waals surface area contributed by atoms with Crippen LogP contribution >= 0.6 is 0 Å². The Hall–Kier alpha value is -1.71. The van der Waals surface area contributed by atoms with Crippen LogP contribution in [0.5, 0.6) is 5.75 Å². The smallest absolute Gasteiger partial charge is 0.317 e. The summed E-state index contributed by atoms with van der Waals surface area (Å²) in [5, 5.41) is 3.12. The fourth-order valence-corrected chi connectivity index (χ4v) is 3.42. The molecule has 4 nitrogen and oxygen atoms in total. The van der Waals surface area contributed by atoms with Crippen LogP contribution < -0.4 is 10.1 Å². The van der Waals surface area contributed by atoms with Crippen molar-refractivity contribution in [2.24, 2.45) is 11.8 Å². The number of benzene rings is 1. The monoisotopic (exact) mass is 302 g/mol. The van der Waals surface area contributed by atoms with E-state index in [1.54, 1.807) is 7.11 Å². The third kappa shape index (κ3) is 3.21. The van der Waals surface area contributed by atoms with Crippen molar-refractivity contribution < 1.29 is 9.53 Å². The minimum Gasteiger partial charge on any atom is -0.496 e. The summed E-state index contributed by atoms with van der Waals surface area (Å²) in [5.41, 5.74) is 1.01. The maximum Gasteiger partial charge on any atom is 0.317 e. The van der Waals surface area contributed by atoms with E-state index in [4.69, 9.17) is 4.74 Å². The van der Waals surface area contributed by atoms with E-state index in [1.807, 2.05) is 43.1 Å². The summed E-state index contributed by atoms with van der Waals surface area (Å²) < 4.78 is 5.39. The van der Waals surface area contributed by atoms with Crippen LogP contribution in [0, 0.1) is 11.8 Å². The number of rotatable bonds is 6. The Morgan fingerprint density at radius 2 is 1.82 bits per heavy atom. The van der Waals surface area contributed by atoms with E-state index < -0.39 is 0 Å². The van der Waals surface area contributed by atoms with Crippen molar-refractivity contribution in [3.8, 4) is 5.75 Å². The molecule has 2 aliphatic carbocycles. The first-order valence-electron chi connectivity index (χ1n) is 8.28. The highest BCUT2D eigenvalue weighted by atomic mass is 16.5. The van der Waals surface area contributed by atoms with Gasteiger partial charge in [0.25, 0.3) is 0 Å². The lowest BCUT2D eigenvalue weighted by atomic mass is 10.1. The van der Waals surface area contributed by atoms with Crippen molar-refractivity contribution in [3.05, 3.63) is 29.8 Å². The molecule has 0 aromatic heterocycles. The van der Waals surface area contributed by atoms with E-state index in [0.29, 0.717) is 6.04 Å². The standard InChI is InChI=1S/C18H26N2O2/c1-12(15-6-4-5-7-16(15)22-3)19-18(21)20(2)17(13-8-9-13)14-10-11-14/h4-7,12-14,17H,8-11H2,1-3H3,(H,19,21)/t12-/m1/s1. The van der Waals surface area contributed by atoms with Gasteiger partial charge in [-0.15, -0.1) is 0 Å². The number of nitrogens with zero attached hydrogens (tertiary/aromatic N) is 1. The molecule has 4 heteroatoms. The van der Waals surface area contributed by atoms with Gasteiger partial charge in [-0.2, -0.15) is 0 Å². The molecule has 3 rings (SSSR count). The fraction of sp³-hybridized carbons (Fsp3) is 0.611.